The van der Waals surface area contributed by atoms with E-state index in [1.807, 2.05) is 66.7 Å². The van der Waals surface area contributed by atoms with Gasteiger partial charge in [0.25, 0.3) is 0 Å². The zero-order valence-electron chi connectivity index (χ0n) is 21.2. The summed E-state index contributed by atoms with van der Waals surface area (Å²) in [5.41, 5.74) is 4.44. The molecule has 1 aliphatic rings. The monoisotopic (exact) mass is 501 g/mol. The van der Waals surface area contributed by atoms with Gasteiger partial charge in [-0.25, -0.2) is 9.59 Å². The minimum Gasteiger partial charge on any atom is -0.467 e. The summed E-state index contributed by atoms with van der Waals surface area (Å²) in [4.78, 5) is 37.5. The van der Waals surface area contributed by atoms with Gasteiger partial charge in [-0.1, -0.05) is 78.9 Å². The molecule has 0 saturated heterocycles. The van der Waals surface area contributed by atoms with E-state index in [4.69, 9.17) is 14.2 Å². The van der Waals surface area contributed by atoms with Gasteiger partial charge in [0.05, 0.1) is 7.11 Å². The van der Waals surface area contributed by atoms with Crippen LogP contribution < -0.4 is 5.32 Å². The highest BCUT2D eigenvalue weighted by Crippen LogP contribution is 2.44. The molecule has 0 radical (unpaired) electrons. The average molecular weight is 502 g/mol. The normalized spacial score (nSPS) is 13.2. The van der Waals surface area contributed by atoms with Gasteiger partial charge in [0.15, 0.2) is 0 Å². The number of carbonyl (C=O) groups is 3. The molecule has 1 atom stereocenters. The fourth-order valence-corrected chi connectivity index (χ4v) is 4.67. The number of benzene rings is 3. The first-order chi connectivity index (χ1) is 17.8. The zero-order valence-corrected chi connectivity index (χ0v) is 21.2. The number of fused-ring (bicyclic) bond motifs is 3. The van der Waals surface area contributed by atoms with Crippen LogP contribution in [0.1, 0.15) is 49.3 Å². The van der Waals surface area contributed by atoms with E-state index in [9.17, 15) is 14.4 Å². The summed E-state index contributed by atoms with van der Waals surface area (Å²) in [5, 5.41) is 2.55. The van der Waals surface area contributed by atoms with E-state index in [1.165, 1.54) is 7.11 Å². The maximum absolute atomic E-state index is 12.7. The minimum atomic E-state index is -1.05. The van der Waals surface area contributed by atoms with Crippen molar-refractivity contribution in [1.29, 1.82) is 0 Å². The molecule has 1 amide bonds. The smallest absolute Gasteiger partial charge is 0.407 e. The van der Waals surface area contributed by atoms with Gasteiger partial charge < -0.3 is 19.5 Å². The Hall–Kier alpha value is -4.13. The van der Waals surface area contributed by atoms with Crippen molar-refractivity contribution in [3.8, 4) is 11.1 Å². The number of hydrogen-bond donors (Lipinski definition) is 1. The number of carbonyl (C=O) groups excluding carboxylic acids is 3. The number of nitrogens with one attached hydrogen (secondary N) is 1. The van der Waals surface area contributed by atoms with Gasteiger partial charge in [-0.15, -0.1) is 0 Å². The molecule has 7 nitrogen and oxygen atoms in total. The van der Waals surface area contributed by atoms with E-state index in [2.05, 4.69) is 17.4 Å². The van der Waals surface area contributed by atoms with Crippen molar-refractivity contribution in [1.82, 2.24) is 5.32 Å². The van der Waals surface area contributed by atoms with Crippen LogP contribution in [-0.4, -0.2) is 37.8 Å². The number of rotatable bonds is 9. The van der Waals surface area contributed by atoms with Crippen LogP contribution in [0.4, 0.5) is 4.79 Å². The predicted octanol–water partition coefficient (Wildman–Crippen LogP) is 5.33. The number of esters is 2. The fraction of sp³-hybridized carbons (Fsp3) is 0.300. The lowest BCUT2D eigenvalue weighted by Crippen LogP contribution is -2.42. The molecule has 0 spiro atoms. The average Bonchev–Trinajstić information content (AvgIpc) is 3.23. The quantitative estimate of drug-likeness (QED) is 0.315. The largest absolute Gasteiger partial charge is 0.467 e. The third-order valence-corrected chi connectivity index (χ3v) is 6.60. The molecule has 192 valence electrons. The molecule has 0 unspecified atom stereocenters. The summed E-state index contributed by atoms with van der Waals surface area (Å²) in [6.45, 7) is 3.71. The highest BCUT2D eigenvalue weighted by atomic mass is 16.6. The van der Waals surface area contributed by atoms with Gasteiger partial charge in [0, 0.05) is 12.3 Å². The highest BCUT2D eigenvalue weighted by Gasteiger charge is 2.31. The summed E-state index contributed by atoms with van der Waals surface area (Å²) in [5.74, 6) is -1.26. The van der Waals surface area contributed by atoms with Crippen molar-refractivity contribution < 1.29 is 28.6 Å². The molecule has 0 heterocycles. The molecule has 4 rings (SSSR count). The van der Waals surface area contributed by atoms with Crippen LogP contribution in [0.25, 0.3) is 11.1 Å². The Kier molecular flexibility index (Phi) is 7.92. The van der Waals surface area contributed by atoms with Crippen LogP contribution in [0, 0.1) is 0 Å². The highest BCUT2D eigenvalue weighted by molar-refractivity contribution is 5.82. The summed E-state index contributed by atoms with van der Waals surface area (Å²) >= 11 is 0. The molecule has 3 aromatic carbocycles. The molecule has 0 aliphatic heterocycles. The molecule has 0 aromatic heterocycles. The van der Waals surface area contributed by atoms with Crippen LogP contribution >= 0.6 is 0 Å². The van der Waals surface area contributed by atoms with Crippen molar-refractivity contribution in [2.75, 3.05) is 13.7 Å². The molecule has 0 fully saturated rings. The lowest BCUT2D eigenvalue weighted by Gasteiger charge is -2.26. The van der Waals surface area contributed by atoms with Crippen molar-refractivity contribution in [2.24, 2.45) is 0 Å². The molecule has 1 aliphatic carbocycles. The van der Waals surface area contributed by atoms with Gasteiger partial charge in [0.2, 0.25) is 0 Å². The van der Waals surface area contributed by atoms with Gasteiger partial charge in [-0.2, -0.15) is 0 Å². The lowest BCUT2D eigenvalue weighted by molar-refractivity contribution is -0.158. The van der Waals surface area contributed by atoms with Gasteiger partial charge >= 0.3 is 18.0 Å². The van der Waals surface area contributed by atoms with E-state index < -0.39 is 29.7 Å². The Bertz CT molecular complexity index is 1220. The van der Waals surface area contributed by atoms with E-state index >= 15 is 0 Å². The lowest BCUT2D eigenvalue weighted by atomic mass is 9.98. The molecule has 3 aromatic rings. The van der Waals surface area contributed by atoms with Crippen LogP contribution in [0.3, 0.4) is 0 Å². The number of methoxy groups -OCH3 is 1. The standard InChI is InChI=1S/C30H31NO6/c1-30(2,20-11-5-4-6-12-20)37-27(32)18-17-26(28(33)35-3)31-29(34)36-19-25-23-15-9-7-13-21(23)22-14-8-10-16-24(22)25/h4-16,25-26H,17-19H2,1-3H3,(H,31,34)/t26-/m0/s1. The third-order valence-electron chi connectivity index (χ3n) is 6.60. The Morgan fingerprint density at radius 2 is 1.43 bits per heavy atom. The van der Waals surface area contributed by atoms with E-state index in [-0.39, 0.29) is 25.4 Å². The summed E-state index contributed by atoms with van der Waals surface area (Å²) in [7, 11) is 1.23. The summed E-state index contributed by atoms with van der Waals surface area (Å²) < 4.78 is 16.0. The van der Waals surface area contributed by atoms with Gasteiger partial charge in [0.1, 0.15) is 18.2 Å². The Morgan fingerprint density at radius 1 is 0.865 bits per heavy atom. The first-order valence-corrected chi connectivity index (χ1v) is 12.3. The fourth-order valence-electron chi connectivity index (χ4n) is 4.67. The number of alkyl carbamates (subject to hydrolysis) is 1. The molecule has 7 heteroatoms. The zero-order chi connectivity index (χ0) is 26.4. The van der Waals surface area contributed by atoms with E-state index in [0.717, 1.165) is 27.8 Å². The Labute approximate surface area is 216 Å². The first-order valence-electron chi connectivity index (χ1n) is 12.3. The molecule has 0 saturated carbocycles. The van der Waals surface area contributed by atoms with E-state index in [0.29, 0.717) is 0 Å². The van der Waals surface area contributed by atoms with Gasteiger partial charge in [-0.05, 0) is 48.1 Å². The molecular formula is C30H31NO6. The van der Waals surface area contributed by atoms with Crippen molar-refractivity contribution in [3.05, 3.63) is 95.6 Å². The minimum absolute atomic E-state index is 0.0145. The topological polar surface area (TPSA) is 90.9 Å². The van der Waals surface area contributed by atoms with Crippen LogP contribution in [0.5, 0.6) is 0 Å². The maximum atomic E-state index is 12.7. The van der Waals surface area contributed by atoms with Crippen LogP contribution in [0.2, 0.25) is 0 Å². The van der Waals surface area contributed by atoms with Gasteiger partial charge in [-0.3, -0.25) is 4.79 Å². The number of ether oxygens (including phenoxy) is 3. The van der Waals surface area contributed by atoms with Crippen molar-refractivity contribution >= 4 is 18.0 Å². The first kappa shape index (κ1) is 25.9. The second-order valence-corrected chi connectivity index (χ2v) is 9.43. The Balaban J connectivity index is 1.34. The van der Waals surface area contributed by atoms with E-state index in [1.54, 1.807) is 13.8 Å². The second-order valence-electron chi connectivity index (χ2n) is 9.43. The SMILES string of the molecule is COC(=O)[C@H](CCC(=O)OC(C)(C)c1ccccc1)NC(=O)OCC1c2ccccc2-c2ccccc21. The number of amides is 1. The van der Waals surface area contributed by atoms with Crippen molar-refractivity contribution in [2.45, 2.75) is 44.2 Å². The Morgan fingerprint density at radius 3 is 2.03 bits per heavy atom. The predicted molar refractivity (Wildman–Crippen MR) is 139 cm³/mol. The van der Waals surface area contributed by atoms with Crippen LogP contribution in [0.15, 0.2) is 78.9 Å². The van der Waals surface area contributed by atoms with Crippen LogP contribution in [-0.2, 0) is 29.4 Å². The summed E-state index contributed by atoms with van der Waals surface area (Å²) in [6.07, 6.45) is -0.824. The van der Waals surface area contributed by atoms with Crippen molar-refractivity contribution in [3.63, 3.8) is 0 Å². The molecule has 1 N–H and O–H groups in total. The maximum Gasteiger partial charge on any atom is 0.407 e. The second kappa shape index (κ2) is 11.3. The molecular weight excluding hydrogens is 470 g/mol. The molecule has 37 heavy (non-hydrogen) atoms. The molecule has 0 bridgehead atoms. The number of hydrogen-bond acceptors (Lipinski definition) is 6. The third kappa shape index (κ3) is 6.00. The summed E-state index contributed by atoms with van der Waals surface area (Å²) in [6, 6.07) is 24.4.